The summed E-state index contributed by atoms with van der Waals surface area (Å²) in [6.07, 6.45) is 2.09. The number of fused-ring (bicyclic) bond motifs is 2. The molecule has 0 unspecified atom stereocenters. The molecule has 158 valence electrons. The quantitative estimate of drug-likeness (QED) is 0.423. The molecular formula is C26H27N3OS. The molecule has 3 heterocycles. The number of para-hydroxylation sites is 1. The molecule has 1 aliphatic heterocycles. The van der Waals surface area contributed by atoms with Crippen LogP contribution in [0.3, 0.4) is 0 Å². The molecule has 5 heteroatoms. The average molecular weight is 430 g/mol. The Balaban J connectivity index is 1.17. The molecule has 31 heavy (non-hydrogen) atoms. The van der Waals surface area contributed by atoms with Crippen molar-refractivity contribution >= 4 is 28.1 Å². The standard InChI is InChI=1S/C26H27N3OS/c30-26(27-13-6-14-28-15-12-20-7-1-2-9-22(20)18-28)19-29-23-10-4-3-8-21(23)17-24(29)25-11-5-16-31-25/h1-5,7-11,16-17H,6,12-15,18-19H2,(H,27,30). The summed E-state index contributed by atoms with van der Waals surface area (Å²) in [6, 6.07) is 23.4. The third kappa shape index (κ3) is 4.43. The molecule has 2 aromatic carbocycles. The lowest BCUT2D eigenvalue weighted by atomic mass is 10.00. The number of thiophene rings is 1. The molecule has 1 amide bonds. The van der Waals surface area contributed by atoms with E-state index in [0.29, 0.717) is 13.1 Å². The van der Waals surface area contributed by atoms with Crippen LogP contribution in [0.15, 0.2) is 72.1 Å². The summed E-state index contributed by atoms with van der Waals surface area (Å²) in [4.78, 5) is 16.4. The molecule has 0 bridgehead atoms. The lowest BCUT2D eigenvalue weighted by molar-refractivity contribution is -0.121. The predicted molar refractivity (Wildman–Crippen MR) is 128 cm³/mol. The predicted octanol–water partition coefficient (Wildman–Crippen LogP) is 4.93. The minimum absolute atomic E-state index is 0.0724. The van der Waals surface area contributed by atoms with E-state index < -0.39 is 0 Å². The summed E-state index contributed by atoms with van der Waals surface area (Å²) in [5, 5.41) is 6.38. The van der Waals surface area contributed by atoms with Crippen LogP contribution in [0.25, 0.3) is 21.5 Å². The van der Waals surface area contributed by atoms with Crippen molar-refractivity contribution in [1.82, 2.24) is 14.8 Å². The van der Waals surface area contributed by atoms with Gasteiger partial charge < -0.3 is 9.88 Å². The van der Waals surface area contributed by atoms with Gasteiger partial charge in [-0.05, 0) is 47.5 Å². The molecule has 0 fully saturated rings. The van der Waals surface area contributed by atoms with Gasteiger partial charge in [0.1, 0.15) is 6.54 Å². The van der Waals surface area contributed by atoms with Gasteiger partial charge in [-0.2, -0.15) is 0 Å². The zero-order valence-electron chi connectivity index (χ0n) is 17.6. The Hall–Kier alpha value is -2.89. The Morgan fingerprint density at radius 1 is 1.00 bits per heavy atom. The van der Waals surface area contributed by atoms with E-state index in [9.17, 15) is 4.79 Å². The molecule has 5 rings (SSSR count). The number of carbonyl (C=O) groups excluding carboxylic acids is 1. The van der Waals surface area contributed by atoms with Crippen molar-refractivity contribution in [1.29, 1.82) is 0 Å². The lowest BCUT2D eigenvalue weighted by Crippen LogP contribution is -2.34. The molecule has 4 nitrogen and oxygen atoms in total. The van der Waals surface area contributed by atoms with Gasteiger partial charge in [0.15, 0.2) is 0 Å². The highest BCUT2D eigenvalue weighted by Crippen LogP contribution is 2.31. The van der Waals surface area contributed by atoms with Crippen molar-refractivity contribution in [2.75, 3.05) is 19.6 Å². The Bertz CT molecular complexity index is 1180. The number of hydrogen-bond donors (Lipinski definition) is 1. The van der Waals surface area contributed by atoms with Gasteiger partial charge in [0.2, 0.25) is 5.91 Å². The molecule has 0 atom stereocenters. The first-order valence-corrected chi connectivity index (χ1v) is 11.8. The number of nitrogens with one attached hydrogen (secondary N) is 1. The maximum absolute atomic E-state index is 12.7. The van der Waals surface area contributed by atoms with Gasteiger partial charge in [-0.15, -0.1) is 11.3 Å². The maximum Gasteiger partial charge on any atom is 0.239 e. The molecule has 0 aliphatic carbocycles. The summed E-state index contributed by atoms with van der Waals surface area (Å²) in [7, 11) is 0. The second-order valence-electron chi connectivity index (χ2n) is 8.15. The fraction of sp³-hybridized carbons (Fsp3) is 0.269. The van der Waals surface area contributed by atoms with E-state index in [0.717, 1.165) is 43.7 Å². The number of rotatable bonds is 7. The van der Waals surface area contributed by atoms with Crippen LogP contribution in [0, 0.1) is 0 Å². The lowest BCUT2D eigenvalue weighted by Gasteiger charge is -2.28. The molecule has 1 aliphatic rings. The highest BCUT2D eigenvalue weighted by Gasteiger charge is 2.16. The van der Waals surface area contributed by atoms with Crippen LogP contribution in [0.2, 0.25) is 0 Å². The fourth-order valence-corrected chi connectivity index (χ4v) is 5.23. The Morgan fingerprint density at radius 3 is 2.71 bits per heavy atom. The van der Waals surface area contributed by atoms with E-state index in [2.05, 4.69) is 74.8 Å². The van der Waals surface area contributed by atoms with E-state index in [1.807, 2.05) is 12.1 Å². The molecule has 4 aromatic rings. The minimum Gasteiger partial charge on any atom is -0.355 e. The van der Waals surface area contributed by atoms with Crippen LogP contribution < -0.4 is 5.32 Å². The summed E-state index contributed by atoms with van der Waals surface area (Å²) in [6.45, 7) is 4.19. The number of nitrogens with zero attached hydrogens (tertiary/aromatic N) is 2. The Kier molecular flexibility index (Phi) is 5.87. The van der Waals surface area contributed by atoms with Crippen molar-refractivity contribution in [2.45, 2.75) is 25.9 Å². The van der Waals surface area contributed by atoms with Gasteiger partial charge in [-0.3, -0.25) is 9.69 Å². The van der Waals surface area contributed by atoms with Crippen molar-refractivity contribution in [3.8, 4) is 10.6 Å². The van der Waals surface area contributed by atoms with Crippen LogP contribution in [0.5, 0.6) is 0 Å². The Morgan fingerprint density at radius 2 is 1.84 bits per heavy atom. The zero-order valence-corrected chi connectivity index (χ0v) is 18.4. The first-order chi connectivity index (χ1) is 15.3. The first kappa shape index (κ1) is 20.0. The molecule has 1 N–H and O–H groups in total. The zero-order chi connectivity index (χ0) is 21.0. The van der Waals surface area contributed by atoms with Crippen molar-refractivity contribution in [3.05, 3.63) is 83.2 Å². The van der Waals surface area contributed by atoms with Gasteiger partial charge >= 0.3 is 0 Å². The monoisotopic (exact) mass is 429 g/mol. The molecule has 0 saturated carbocycles. The number of hydrogen-bond acceptors (Lipinski definition) is 3. The third-order valence-corrected chi connectivity index (χ3v) is 6.96. The molecular weight excluding hydrogens is 402 g/mol. The SMILES string of the molecule is O=C(Cn1c(-c2cccs2)cc2ccccc21)NCCCN1CCc2ccccc2C1. The highest BCUT2D eigenvalue weighted by atomic mass is 32.1. The molecule has 0 saturated heterocycles. The average Bonchev–Trinajstić information content (AvgIpc) is 3.45. The summed E-state index contributed by atoms with van der Waals surface area (Å²) >= 11 is 1.71. The van der Waals surface area contributed by atoms with Gasteiger partial charge in [-0.1, -0.05) is 48.5 Å². The highest BCUT2D eigenvalue weighted by molar-refractivity contribution is 7.13. The van der Waals surface area contributed by atoms with Crippen LogP contribution >= 0.6 is 11.3 Å². The van der Waals surface area contributed by atoms with Gasteiger partial charge in [0, 0.05) is 37.1 Å². The van der Waals surface area contributed by atoms with E-state index in [4.69, 9.17) is 0 Å². The third-order valence-electron chi connectivity index (χ3n) is 6.07. The van der Waals surface area contributed by atoms with Crippen molar-refractivity contribution in [2.24, 2.45) is 0 Å². The van der Waals surface area contributed by atoms with Crippen LogP contribution in [0.4, 0.5) is 0 Å². The second-order valence-corrected chi connectivity index (χ2v) is 9.10. The van der Waals surface area contributed by atoms with E-state index in [-0.39, 0.29) is 5.91 Å². The van der Waals surface area contributed by atoms with Crippen LogP contribution in [-0.2, 0) is 24.3 Å². The van der Waals surface area contributed by atoms with Crippen molar-refractivity contribution in [3.63, 3.8) is 0 Å². The molecule has 0 radical (unpaired) electrons. The molecule has 0 spiro atoms. The summed E-state index contributed by atoms with van der Waals surface area (Å²) in [5.41, 5.74) is 5.14. The van der Waals surface area contributed by atoms with Crippen LogP contribution in [-0.4, -0.2) is 35.0 Å². The number of amides is 1. The van der Waals surface area contributed by atoms with Gasteiger partial charge in [0.25, 0.3) is 0 Å². The summed E-state index contributed by atoms with van der Waals surface area (Å²) < 4.78 is 2.14. The van der Waals surface area contributed by atoms with E-state index in [1.54, 1.807) is 11.3 Å². The van der Waals surface area contributed by atoms with Gasteiger partial charge in [0.05, 0.1) is 10.6 Å². The van der Waals surface area contributed by atoms with Crippen molar-refractivity contribution < 1.29 is 4.79 Å². The smallest absolute Gasteiger partial charge is 0.239 e. The minimum atomic E-state index is 0.0724. The molecule has 2 aromatic heterocycles. The summed E-state index contributed by atoms with van der Waals surface area (Å²) in [5.74, 6) is 0.0724. The normalized spacial score (nSPS) is 13.9. The van der Waals surface area contributed by atoms with Gasteiger partial charge in [-0.25, -0.2) is 0 Å². The Labute approximate surface area is 187 Å². The maximum atomic E-state index is 12.7. The largest absolute Gasteiger partial charge is 0.355 e. The fourth-order valence-electron chi connectivity index (χ4n) is 4.48. The van der Waals surface area contributed by atoms with Crippen LogP contribution in [0.1, 0.15) is 17.5 Å². The van der Waals surface area contributed by atoms with E-state index in [1.165, 1.54) is 21.4 Å². The number of benzene rings is 2. The first-order valence-electron chi connectivity index (χ1n) is 11.0. The number of aromatic nitrogens is 1. The van der Waals surface area contributed by atoms with E-state index >= 15 is 0 Å². The second kappa shape index (κ2) is 9.08. The number of carbonyl (C=O) groups is 1. The topological polar surface area (TPSA) is 37.3 Å².